The number of aromatic nitrogens is 1. The number of para-hydroxylation sites is 2. The molecule has 7 aromatic rings. The lowest BCUT2D eigenvalue weighted by Gasteiger charge is -2.30. The number of nitriles is 1. The maximum absolute atomic E-state index is 9.78. The molecule has 190 valence electrons. The molecular weight excluding hydrogens is 496 g/mol. The van der Waals surface area contributed by atoms with Crippen LogP contribution in [0.3, 0.4) is 0 Å². The zero-order valence-corrected chi connectivity index (χ0v) is 22.5. The van der Waals surface area contributed by atoms with Crippen molar-refractivity contribution < 1.29 is 0 Å². The summed E-state index contributed by atoms with van der Waals surface area (Å²) in [5, 5.41) is 12.3. The van der Waals surface area contributed by atoms with Gasteiger partial charge >= 0.3 is 0 Å². The van der Waals surface area contributed by atoms with Crippen LogP contribution in [0.15, 0.2) is 127 Å². The lowest BCUT2D eigenvalue weighted by Crippen LogP contribution is -2.25. The van der Waals surface area contributed by atoms with Crippen LogP contribution in [0.4, 0.5) is 0 Å². The first kappa shape index (κ1) is 22.4. The van der Waals surface area contributed by atoms with Gasteiger partial charge in [0.15, 0.2) is 0 Å². The van der Waals surface area contributed by atoms with Gasteiger partial charge in [-0.15, -0.1) is 0 Å². The van der Waals surface area contributed by atoms with Gasteiger partial charge in [0.2, 0.25) is 0 Å². The number of hydrogen-bond donors (Lipinski definition) is 0. The Morgan fingerprint density at radius 1 is 0.537 bits per heavy atom. The third-order valence-electron chi connectivity index (χ3n) is 9.27. The smallest absolute Gasteiger partial charge is 0.0991 e. The van der Waals surface area contributed by atoms with Crippen LogP contribution in [-0.4, -0.2) is 4.57 Å². The van der Waals surface area contributed by atoms with Crippen molar-refractivity contribution in [3.05, 3.63) is 161 Å². The van der Waals surface area contributed by atoms with Crippen molar-refractivity contribution in [2.24, 2.45) is 0 Å². The van der Waals surface area contributed by atoms with E-state index in [0.29, 0.717) is 5.56 Å². The Kier molecular flexibility index (Phi) is 4.29. The molecule has 9 rings (SSSR count). The van der Waals surface area contributed by atoms with Crippen LogP contribution in [0.2, 0.25) is 0 Å². The highest BCUT2D eigenvalue weighted by Crippen LogP contribution is 2.63. The van der Waals surface area contributed by atoms with Crippen molar-refractivity contribution in [2.75, 3.05) is 0 Å². The molecule has 0 saturated carbocycles. The van der Waals surface area contributed by atoms with Crippen LogP contribution in [0.5, 0.6) is 0 Å². The molecule has 0 fully saturated rings. The lowest BCUT2D eigenvalue weighted by molar-refractivity contribution is 0.794. The van der Waals surface area contributed by atoms with E-state index >= 15 is 0 Å². The second kappa shape index (κ2) is 7.84. The molecule has 2 aliphatic carbocycles. The minimum absolute atomic E-state index is 0.442. The maximum atomic E-state index is 9.78. The Balaban J connectivity index is 1.49. The average molecular weight is 521 g/mol. The SMILES string of the molecule is Cc1ccc2c(c1)-c1cc3c(cc1C21c2ccccc2-c2cc(C#N)ccc21)c1ccccc1n3-c1ccccc1. The predicted molar refractivity (Wildman–Crippen MR) is 167 cm³/mol. The zero-order valence-electron chi connectivity index (χ0n) is 22.5. The Hall–Kier alpha value is -5.39. The Labute approximate surface area is 238 Å². The van der Waals surface area contributed by atoms with Gasteiger partial charge in [0.1, 0.15) is 0 Å². The van der Waals surface area contributed by atoms with Crippen molar-refractivity contribution in [3.63, 3.8) is 0 Å². The summed E-state index contributed by atoms with van der Waals surface area (Å²) < 4.78 is 2.40. The summed E-state index contributed by atoms with van der Waals surface area (Å²) in [6, 6.07) is 48.7. The standard InChI is InChI=1S/C39H24N2/c1-24-15-17-34-29(19-24)31-22-38-32(28-12-6-8-14-37(28)41(38)26-9-3-2-4-10-26)21-36(31)39(34)33-13-7-5-11-27(33)30-20-25(23-40)16-18-35(30)39/h2-22H,1H3. The zero-order chi connectivity index (χ0) is 27.3. The summed E-state index contributed by atoms with van der Waals surface area (Å²) in [5.41, 5.74) is 15.2. The van der Waals surface area contributed by atoms with Gasteiger partial charge in [-0.1, -0.05) is 90.5 Å². The van der Waals surface area contributed by atoms with Crippen LogP contribution in [0.25, 0.3) is 49.7 Å². The van der Waals surface area contributed by atoms with Gasteiger partial charge in [0.25, 0.3) is 0 Å². The van der Waals surface area contributed by atoms with Crippen molar-refractivity contribution in [3.8, 4) is 34.0 Å². The number of benzene rings is 6. The minimum Gasteiger partial charge on any atom is -0.309 e. The molecule has 1 spiro atoms. The van der Waals surface area contributed by atoms with Gasteiger partial charge in [0, 0.05) is 16.5 Å². The molecule has 2 nitrogen and oxygen atoms in total. The first-order chi connectivity index (χ1) is 20.2. The molecule has 1 aromatic heterocycles. The topological polar surface area (TPSA) is 28.7 Å². The Bertz CT molecular complexity index is 2280. The molecule has 2 aliphatic rings. The maximum Gasteiger partial charge on any atom is 0.0991 e. The molecular formula is C39H24N2. The molecule has 0 aliphatic heterocycles. The fourth-order valence-electron chi connectivity index (χ4n) is 7.69. The Morgan fingerprint density at radius 3 is 2.07 bits per heavy atom. The average Bonchev–Trinajstić information content (AvgIpc) is 3.61. The lowest BCUT2D eigenvalue weighted by atomic mass is 9.70. The molecule has 41 heavy (non-hydrogen) atoms. The summed E-state index contributed by atoms with van der Waals surface area (Å²) >= 11 is 0. The molecule has 6 aromatic carbocycles. The number of nitrogens with zero attached hydrogens (tertiary/aromatic N) is 2. The van der Waals surface area contributed by atoms with Crippen LogP contribution in [0, 0.1) is 18.3 Å². The molecule has 2 heteroatoms. The highest BCUT2D eigenvalue weighted by atomic mass is 15.0. The van der Waals surface area contributed by atoms with E-state index in [0.717, 1.165) is 11.3 Å². The van der Waals surface area contributed by atoms with Crippen LogP contribution in [0.1, 0.15) is 33.4 Å². The van der Waals surface area contributed by atoms with Crippen molar-refractivity contribution in [1.82, 2.24) is 4.57 Å². The molecule has 0 amide bonds. The largest absolute Gasteiger partial charge is 0.309 e. The number of aryl methyl sites for hydroxylation is 1. The van der Waals surface area contributed by atoms with Crippen LogP contribution >= 0.6 is 0 Å². The molecule has 0 bridgehead atoms. The monoisotopic (exact) mass is 520 g/mol. The van der Waals surface area contributed by atoms with E-state index < -0.39 is 5.41 Å². The van der Waals surface area contributed by atoms with Gasteiger partial charge < -0.3 is 4.57 Å². The van der Waals surface area contributed by atoms with E-state index in [9.17, 15) is 5.26 Å². The summed E-state index contributed by atoms with van der Waals surface area (Å²) in [5.74, 6) is 0. The molecule has 0 saturated heterocycles. The highest BCUT2D eigenvalue weighted by molar-refractivity contribution is 6.12. The summed E-state index contributed by atoms with van der Waals surface area (Å²) in [7, 11) is 0. The van der Waals surface area contributed by atoms with Crippen LogP contribution in [-0.2, 0) is 5.41 Å². The molecule has 0 N–H and O–H groups in total. The van der Waals surface area contributed by atoms with Crippen molar-refractivity contribution >= 4 is 21.8 Å². The Morgan fingerprint density at radius 2 is 1.22 bits per heavy atom. The van der Waals surface area contributed by atoms with E-state index in [1.807, 2.05) is 6.07 Å². The van der Waals surface area contributed by atoms with E-state index in [-0.39, 0.29) is 0 Å². The highest BCUT2D eigenvalue weighted by Gasteiger charge is 2.52. The quantitative estimate of drug-likeness (QED) is 0.212. The van der Waals surface area contributed by atoms with E-state index in [1.165, 1.54) is 66.3 Å². The third-order valence-corrected chi connectivity index (χ3v) is 9.27. The molecule has 0 radical (unpaired) electrons. The van der Waals surface area contributed by atoms with Gasteiger partial charge in [-0.05, 0) is 93.9 Å². The second-order valence-electron chi connectivity index (χ2n) is 11.3. The molecule has 1 unspecified atom stereocenters. The first-order valence-electron chi connectivity index (χ1n) is 14.1. The van der Waals surface area contributed by atoms with Crippen molar-refractivity contribution in [1.29, 1.82) is 5.26 Å². The number of hydrogen-bond acceptors (Lipinski definition) is 1. The summed E-state index contributed by atoms with van der Waals surface area (Å²) in [6.45, 7) is 2.18. The normalized spacial score (nSPS) is 16.0. The van der Waals surface area contributed by atoms with Crippen LogP contribution < -0.4 is 0 Å². The van der Waals surface area contributed by atoms with E-state index in [1.54, 1.807) is 0 Å². The fourth-order valence-corrected chi connectivity index (χ4v) is 7.69. The van der Waals surface area contributed by atoms with Crippen molar-refractivity contribution in [2.45, 2.75) is 12.3 Å². The second-order valence-corrected chi connectivity index (χ2v) is 11.3. The number of rotatable bonds is 1. The van der Waals surface area contributed by atoms with E-state index in [4.69, 9.17) is 0 Å². The van der Waals surface area contributed by atoms with Gasteiger partial charge in [-0.3, -0.25) is 0 Å². The number of fused-ring (bicyclic) bond motifs is 13. The van der Waals surface area contributed by atoms with Gasteiger partial charge in [0.05, 0.1) is 28.1 Å². The molecule has 1 atom stereocenters. The van der Waals surface area contributed by atoms with E-state index in [2.05, 4.69) is 139 Å². The predicted octanol–water partition coefficient (Wildman–Crippen LogP) is 9.31. The first-order valence-corrected chi connectivity index (χ1v) is 14.1. The molecule has 1 heterocycles. The third kappa shape index (κ3) is 2.71. The van der Waals surface area contributed by atoms with Gasteiger partial charge in [-0.25, -0.2) is 0 Å². The summed E-state index contributed by atoms with van der Waals surface area (Å²) in [6.07, 6.45) is 0. The van der Waals surface area contributed by atoms with Gasteiger partial charge in [-0.2, -0.15) is 5.26 Å². The fraction of sp³-hybridized carbons (Fsp3) is 0.0513. The summed E-state index contributed by atoms with van der Waals surface area (Å²) in [4.78, 5) is 0. The minimum atomic E-state index is -0.442.